The summed E-state index contributed by atoms with van der Waals surface area (Å²) in [5, 5.41) is 3.10. The number of hydrogen-bond acceptors (Lipinski definition) is 3. The van der Waals surface area contributed by atoms with E-state index in [1.165, 1.54) is 7.11 Å². The molecule has 0 heterocycles. The van der Waals surface area contributed by atoms with E-state index in [1.807, 2.05) is 13.0 Å². The second-order valence-electron chi connectivity index (χ2n) is 2.72. The Morgan fingerprint density at radius 2 is 2.29 bits per heavy atom. The largest absolute Gasteiger partial charge is 0.466 e. The molecule has 0 radical (unpaired) electrons. The van der Waals surface area contributed by atoms with Gasteiger partial charge in [0, 0.05) is 23.1 Å². The maximum absolute atomic E-state index is 11.1. The first-order chi connectivity index (χ1) is 6.61. The minimum Gasteiger partial charge on any atom is -0.466 e. The Bertz CT molecular complexity index is 236. The van der Waals surface area contributed by atoms with Crippen LogP contribution in [0.1, 0.15) is 13.3 Å². The Labute approximate surface area is 93.3 Å². The molecule has 0 fully saturated rings. The van der Waals surface area contributed by atoms with Gasteiger partial charge in [0.25, 0.3) is 0 Å². The number of esters is 1. The summed E-state index contributed by atoms with van der Waals surface area (Å²) in [6, 6.07) is 0. The van der Waals surface area contributed by atoms with Crippen LogP contribution in [0.4, 0.5) is 0 Å². The average Bonchev–Trinajstić information content (AvgIpc) is 2.16. The fourth-order valence-electron chi connectivity index (χ4n) is 0.906. The summed E-state index contributed by atoms with van der Waals surface area (Å²) >= 11 is 3.23. The maximum atomic E-state index is 11.1. The molecule has 0 aromatic carbocycles. The standard InChI is InChI=1S/C10H16BrNO2/c1-4-9(10(13)14-3)5-6-12-7-8(2)11/h5,12H,2,4,6-7H2,1,3H3. The summed E-state index contributed by atoms with van der Waals surface area (Å²) in [6.07, 6.45) is 2.52. The van der Waals surface area contributed by atoms with Crippen molar-refractivity contribution in [2.45, 2.75) is 13.3 Å². The number of ether oxygens (including phenoxy) is 1. The summed E-state index contributed by atoms with van der Waals surface area (Å²) in [7, 11) is 1.39. The molecule has 0 aromatic heterocycles. The fraction of sp³-hybridized carbons (Fsp3) is 0.500. The molecule has 0 amide bonds. The van der Waals surface area contributed by atoms with Crippen LogP contribution in [0.3, 0.4) is 0 Å². The average molecular weight is 262 g/mol. The number of rotatable bonds is 6. The van der Waals surface area contributed by atoms with Crippen molar-refractivity contribution in [3.05, 3.63) is 22.7 Å². The summed E-state index contributed by atoms with van der Waals surface area (Å²) in [6.45, 7) is 6.94. The van der Waals surface area contributed by atoms with Crippen molar-refractivity contribution >= 4 is 21.9 Å². The second-order valence-corrected chi connectivity index (χ2v) is 3.84. The number of methoxy groups -OCH3 is 1. The van der Waals surface area contributed by atoms with Gasteiger partial charge in [0.1, 0.15) is 0 Å². The van der Waals surface area contributed by atoms with Crippen molar-refractivity contribution in [1.29, 1.82) is 0 Å². The lowest BCUT2D eigenvalue weighted by Crippen LogP contribution is -2.16. The highest BCUT2D eigenvalue weighted by atomic mass is 79.9. The Morgan fingerprint density at radius 3 is 2.71 bits per heavy atom. The molecule has 0 spiro atoms. The molecule has 0 aromatic rings. The third kappa shape index (κ3) is 5.94. The van der Waals surface area contributed by atoms with E-state index in [4.69, 9.17) is 0 Å². The Hall–Kier alpha value is -0.610. The first-order valence-corrected chi connectivity index (χ1v) is 5.22. The SMILES string of the molecule is C=C(Br)CNCC=C(CC)C(=O)OC. The monoisotopic (exact) mass is 261 g/mol. The highest BCUT2D eigenvalue weighted by Gasteiger charge is 2.05. The van der Waals surface area contributed by atoms with Gasteiger partial charge >= 0.3 is 5.97 Å². The van der Waals surface area contributed by atoms with Crippen molar-refractivity contribution in [3.63, 3.8) is 0 Å². The van der Waals surface area contributed by atoms with Gasteiger partial charge in [-0.3, -0.25) is 0 Å². The molecular formula is C10H16BrNO2. The number of carbonyl (C=O) groups excluding carboxylic acids is 1. The molecular weight excluding hydrogens is 246 g/mol. The molecule has 4 heteroatoms. The predicted octanol–water partition coefficient (Wildman–Crippen LogP) is 1.99. The lowest BCUT2D eigenvalue weighted by molar-refractivity contribution is -0.136. The Kier molecular flexibility index (Phi) is 7.42. The third-order valence-electron chi connectivity index (χ3n) is 1.64. The van der Waals surface area contributed by atoms with E-state index in [0.717, 1.165) is 4.48 Å². The summed E-state index contributed by atoms with van der Waals surface area (Å²) in [5.74, 6) is -0.257. The minimum absolute atomic E-state index is 0.257. The van der Waals surface area contributed by atoms with E-state index in [1.54, 1.807) is 0 Å². The van der Waals surface area contributed by atoms with Gasteiger partial charge in [0.2, 0.25) is 0 Å². The van der Waals surface area contributed by atoms with Gasteiger partial charge in [0.05, 0.1) is 7.11 Å². The van der Waals surface area contributed by atoms with Crippen LogP contribution >= 0.6 is 15.9 Å². The normalized spacial score (nSPS) is 11.2. The zero-order valence-corrected chi connectivity index (χ0v) is 10.2. The summed E-state index contributed by atoms with van der Waals surface area (Å²) in [4.78, 5) is 11.1. The number of hydrogen-bond donors (Lipinski definition) is 1. The molecule has 0 atom stereocenters. The summed E-state index contributed by atoms with van der Waals surface area (Å²) in [5.41, 5.74) is 0.695. The van der Waals surface area contributed by atoms with E-state index in [-0.39, 0.29) is 5.97 Å². The van der Waals surface area contributed by atoms with Gasteiger partial charge in [-0.2, -0.15) is 0 Å². The Balaban J connectivity index is 3.93. The van der Waals surface area contributed by atoms with Gasteiger partial charge in [-0.05, 0) is 6.42 Å². The van der Waals surface area contributed by atoms with E-state index >= 15 is 0 Å². The van der Waals surface area contributed by atoms with Crippen LogP contribution in [0.5, 0.6) is 0 Å². The maximum Gasteiger partial charge on any atom is 0.333 e. The molecule has 14 heavy (non-hydrogen) atoms. The van der Waals surface area contributed by atoms with Crippen LogP contribution in [0, 0.1) is 0 Å². The Morgan fingerprint density at radius 1 is 1.64 bits per heavy atom. The van der Waals surface area contributed by atoms with Crippen LogP contribution in [-0.2, 0) is 9.53 Å². The molecule has 0 aliphatic heterocycles. The third-order valence-corrected chi connectivity index (χ3v) is 1.92. The topological polar surface area (TPSA) is 38.3 Å². The molecule has 0 saturated heterocycles. The number of nitrogens with one attached hydrogen (secondary N) is 1. The van der Waals surface area contributed by atoms with Crippen molar-refractivity contribution in [1.82, 2.24) is 5.32 Å². The molecule has 3 nitrogen and oxygen atoms in total. The van der Waals surface area contributed by atoms with E-state index in [2.05, 4.69) is 32.6 Å². The van der Waals surface area contributed by atoms with Gasteiger partial charge in [-0.25, -0.2) is 4.79 Å². The van der Waals surface area contributed by atoms with Crippen LogP contribution in [0.2, 0.25) is 0 Å². The van der Waals surface area contributed by atoms with Crippen molar-refractivity contribution < 1.29 is 9.53 Å². The van der Waals surface area contributed by atoms with E-state index in [0.29, 0.717) is 25.1 Å². The molecule has 1 N–H and O–H groups in total. The van der Waals surface area contributed by atoms with Crippen LogP contribution in [0.25, 0.3) is 0 Å². The molecule has 0 aliphatic carbocycles. The molecule has 80 valence electrons. The highest BCUT2D eigenvalue weighted by molar-refractivity contribution is 9.11. The van der Waals surface area contributed by atoms with Gasteiger partial charge in [-0.15, -0.1) is 0 Å². The highest BCUT2D eigenvalue weighted by Crippen LogP contribution is 2.02. The zero-order valence-electron chi connectivity index (χ0n) is 8.60. The fourth-order valence-corrected chi connectivity index (χ4v) is 1.10. The molecule has 0 aliphatic rings. The summed E-state index contributed by atoms with van der Waals surface area (Å²) < 4.78 is 5.51. The lowest BCUT2D eigenvalue weighted by atomic mass is 10.2. The van der Waals surface area contributed by atoms with E-state index < -0.39 is 0 Å². The van der Waals surface area contributed by atoms with Crippen LogP contribution in [-0.4, -0.2) is 26.2 Å². The first kappa shape index (κ1) is 13.4. The van der Waals surface area contributed by atoms with Gasteiger partial charge < -0.3 is 10.1 Å². The van der Waals surface area contributed by atoms with E-state index in [9.17, 15) is 4.79 Å². The molecule has 0 saturated carbocycles. The second kappa shape index (κ2) is 7.76. The van der Waals surface area contributed by atoms with Crippen molar-refractivity contribution in [2.24, 2.45) is 0 Å². The smallest absolute Gasteiger partial charge is 0.333 e. The predicted molar refractivity (Wildman–Crippen MR) is 61.3 cm³/mol. The molecule has 0 rings (SSSR count). The number of halogens is 1. The molecule has 0 bridgehead atoms. The number of carbonyl (C=O) groups is 1. The quantitative estimate of drug-likeness (QED) is 0.452. The minimum atomic E-state index is -0.257. The van der Waals surface area contributed by atoms with Crippen LogP contribution in [0.15, 0.2) is 22.7 Å². The first-order valence-electron chi connectivity index (χ1n) is 4.43. The lowest BCUT2D eigenvalue weighted by Gasteiger charge is -2.03. The van der Waals surface area contributed by atoms with Crippen molar-refractivity contribution in [2.75, 3.05) is 20.2 Å². The van der Waals surface area contributed by atoms with Gasteiger partial charge in [0.15, 0.2) is 0 Å². The van der Waals surface area contributed by atoms with Crippen molar-refractivity contribution in [3.8, 4) is 0 Å². The zero-order chi connectivity index (χ0) is 11.0. The molecule has 0 unspecified atom stereocenters. The van der Waals surface area contributed by atoms with Gasteiger partial charge in [-0.1, -0.05) is 35.5 Å². The van der Waals surface area contributed by atoms with Crippen LogP contribution < -0.4 is 5.32 Å².